The van der Waals surface area contributed by atoms with Gasteiger partial charge in [-0.25, -0.2) is 0 Å². The van der Waals surface area contributed by atoms with Crippen LogP contribution in [0.3, 0.4) is 0 Å². The van der Waals surface area contributed by atoms with E-state index in [1.165, 1.54) is 0 Å². The number of aromatic nitrogens is 1. The van der Waals surface area contributed by atoms with Crippen LogP contribution in [-0.4, -0.2) is 53.1 Å². The van der Waals surface area contributed by atoms with Gasteiger partial charge in [-0.05, 0) is 49.1 Å². The number of carboxylic acid groups (broad SMARTS) is 1. The lowest BCUT2D eigenvalue weighted by atomic mass is 10.1. The molecule has 0 spiro atoms. The molecule has 0 atom stereocenters. The number of halogens is 1. The lowest BCUT2D eigenvalue weighted by molar-refractivity contribution is -0.137. The summed E-state index contributed by atoms with van der Waals surface area (Å²) < 4.78 is 5.81. The van der Waals surface area contributed by atoms with Crippen LogP contribution in [0.25, 0.3) is 0 Å². The van der Waals surface area contributed by atoms with Crippen LogP contribution in [0.4, 0.5) is 5.69 Å². The van der Waals surface area contributed by atoms with E-state index < -0.39 is 5.97 Å². The molecule has 1 aromatic heterocycles. The van der Waals surface area contributed by atoms with Crippen molar-refractivity contribution in [3.8, 4) is 5.75 Å². The molecule has 0 aliphatic heterocycles. The highest BCUT2D eigenvalue weighted by Crippen LogP contribution is 2.23. The molecule has 2 N–H and O–H groups in total. The molecule has 2 rings (SSSR count). The van der Waals surface area contributed by atoms with Crippen LogP contribution in [0.5, 0.6) is 5.75 Å². The standard InChI is InChI=1S/C24H32ClN3O4/c1-18(2)17-28(12-5-3-4-6-23(29)30)24(31)19-14-20(25)16-22(15-19)32-13-11-27-21-7-9-26-10-8-21/h7-10,14-16,18H,3-6,11-13,17H2,1-2H3,(H,26,27)(H,29,30). The summed E-state index contributed by atoms with van der Waals surface area (Å²) in [5.74, 6) is -0.0304. The van der Waals surface area contributed by atoms with E-state index in [9.17, 15) is 9.59 Å². The fraction of sp³-hybridized carbons (Fsp3) is 0.458. The molecule has 0 bridgehead atoms. The molecule has 1 amide bonds. The Morgan fingerprint density at radius 3 is 2.59 bits per heavy atom. The Labute approximate surface area is 194 Å². The molecule has 1 aromatic carbocycles. The van der Waals surface area contributed by atoms with Gasteiger partial charge in [0.25, 0.3) is 5.91 Å². The highest BCUT2D eigenvalue weighted by Gasteiger charge is 2.18. The molecule has 0 radical (unpaired) electrons. The first kappa shape index (κ1) is 25.5. The Kier molecular flexibility index (Phi) is 10.8. The Bertz CT molecular complexity index is 862. The van der Waals surface area contributed by atoms with E-state index in [0.717, 1.165) is 18.5 Å². The first-order chi connectivity index (χ1) is 15.3. The quantitative estimate of drug-likeness (QED) is 0.386. The maximum Gasteiger partial charge on any atom is 0.303 e. The molecular formula is C24H32ClN3O4. The fourth-order valence-electron chi connectivity index (χ4n) is 3.26. The van der Waals surface area contributed by atoms with Gasteiger partial charge in [-0.3, -0.25) is 14.6 Å². The highest BCUT2D eigenvalue weighted by molar-refractivity contribution is 6.31. The van der Waals surface area contributed by atoms with E-state index in [0.29, 0.717) is 54.9 Å². The van der Waals surface area contributed by atoms with Crippen molar-refractivity contribution < 1.29 is 19.4 Å². The number of nitrogens with one attached hydrogen (secondary N) is 1. The van der Waals surface area contributed by atoms with E-state index in [1.807, 2.05) is 17.0 Å². The summed E-state index contributed by atoms with van der Waals surface area (Å²) in [5, 5.41) is 12.5. The summed E-state index contributed by atoms with van der Waals surface area (Å²) in [5.41, 5.74) is 1.44. The number of nitrogens with zero attached hydrogens (tertiary/aromatic N) is 2. The van der Waals surface area contributed by atoms with Crippen LogP contribution >= 0.6 is 11.6 Å². The second-order valence-electron chi connectivity index (χ2n) is 8.04. The first-order valence-corrected chi connectivity index (χ1v) is 11.3. The van der Waals surface area contributed by atoms with Gasteiger partial charge in [0, 0.05) is 54.7 Å². The van der Waals surface area contributed by atoms with Gasteiger partial charge in [0.2, 0.25) is 0 Å². The predicted octanol–water partition coefficient (Wildman–Crippen LogP) is 4.97. The number of benzene rings is 1. The molecule has 0 aliphatic carbocycles. The lowest BCUT2D eigenvalue weighted by Gasteiger charge is -2.25. The third kappa shape index (κ3) is 9.56. The number of hydrogen-bond donors (Lipinski definition) is 2. The van der Waals surface area contributed by atoms with Crippen molar-refractivity contribution in [3.63, 3.8) is 0 Å². The van der Waals surface area contributed by atoms with Crippen molar-refractivity contribution in [1.29, 1.82) is 0 Å². The normalized spacial score (nSPS) is 10.8. The topological polar surface area (TPSA) is 91.8 Å². The summed E-state index contributed by atoms with van der Waals surface area (Å²) in [6.45, 7) is 6.33. The molecule has 7 nitrogen and oxygen atoms in total. The number of amides is 1. The summed E-state index contributed by atoms with van der Waals surface area (Å²) in [7, 11) is 0. The van der Waals surface area contributed by atoms with Gasteiger partial charge in [-0.2, -0.15) is 0 Å². The van der Waals surface area contributed by atoms with Crippen LogP contribution in [-0.2, 0) is 4.79 Å². The van der Waals surface area contributed by atoms with Crippen molar-refractivity contribution in [2.45, 2.75) is 39.5 Å². The summed E-state index contributed by atoms with van der Waals surface area (Å²) >= 11 is 6.26. The molecule has 0 saturated heterocycles. The average molecular weight is 462 g/mol. The van der Waals surface area contributed by atoms with E-state index >= 15 is 0 Å². The molecular weight excluding hydrogens is 430 g/mol. The Balaban J connectivity index is 1.94. The number of unbranched alkanes of at least 4 members (excludes halogenated alkanes) is 2. The van der Waals surface area contributed by atoms with Crippen molar-refractivity contribution in [2.75, 3.05) is 31.6 Å². The van der Waals surface area contributed by atoms with Crippen molar-refractivity contribution in [3.05, 3.63) is 53.3 Å². The van der Waals surface area contributed by atoms with Crippen LogP contribution < -0.4 is 10.1 Å². The molecule has 174 valence electrons. The zero-order valence-electron chi connectivity index (χ0n) is 18.7. The Morgan fingerprint density at radius 1 is 1.16 bits per heavy atom. The predicted molar refractivity (Wildman–Crippen MR) is 127 cm³/mol. The first-order valence-electron chi connectivity index (χ1n) is 10.9. The highest BCUT2D eigenvalue weighted by atomic mass is 35.5. The van der Waals surface area contributed by atoms with Crippen LogP contribution in [0.15, 0.2) is 42.7 Å². The number of carbonyl (C=O) groups is 2. The van der Waals surface area contributed by atoms with Crippen molar-refractivity contribution >= 4 is 29.2 Å². The summed E-state index contributed by atoms with van der Waals surface area (Å²) in [4.78, 5) is 29.6. The number of carbonyl (C=O) groups excluding carboxylic acids is 1. The zero-order valence-corrected chi connectivity index (χ0v) is 19.5. The Morgan fingerprint density at radius 2 is 1.91 bits per heavy atom. The third-order valence-electron chi connectivity index (χ3n) is 4.69. The minimum atomic E-state index is -0.789. The van der Waals surface area contributed by atoms with Gasteiger partial charge in [0.15, 0.2) is 0 Å². The lowest BCUT2D eigenvalue weighted by Crippen LogP contribution is -2.35. The van der Waals surface area contributed by atoms with Gasteiger partial charge in [-0.1, -0.05) is 31.9 Å². The number of carboxylic acids is 1. The van der Waals surface area contributed by atoms with Gasteiger partial charge in [0.1, 0.15) is 12.4 Å². The summed E-state index contributed by atoms with van der Waals surface area (Å²) in [6.07, 6.45) is 5.73. The molecule has 1 heterocycles. The van der Waals surface area contributed by atoms with Crippen LogP contribution in [0.2, 0.25) is 5.02 Å². The van der Waals surface area contributed by atoms with Gasteiger partial charge >= 0.3 is 5.97 Å². The van der Waals surface area contributed by atoms with Gasteiger partial charge < -0.3 is 20.1 Å². The molecule has 0 saturated carbocycles. The minimum absolute atomic E-state index is 0.0980. The second-order valence-corrected chi connectivity index (χ2v) is 8.47. The van der Waals surface area contributed by atoms with E-state index in [4.69, 9.17) is 21.4 Å². The monoisotopic (exact) mass is 461 g/mol. The van der Waals surface area contributed by atoms with E-state index in [2.05, 4.69) is 24.1 Å². The fourth-order valence-corrected chi connectivity index (χ4v) is 3.48. The average Bonchev–Trinajstić information content (AvgIpc) is 2.75. The van der Waals surface area contributed by atoms with Crippen LogP contribution in [0, 0.1) is 5.92 Å². The largest absolute Gasteiger partial charge is 0.492 e. The second kappa shape index (κ2) is 13.6. The zero-order chi connectivity index (χ0) is 23.3. The maximum absolute atomic E-state index is 13.2. The van der Waals surface area contributed by atoms with E-state index in [-0.39, 0.29) is 12.3 Å². The molecule has 2 aromatic rings. The number of aliphatic carboxylic acids is 1. The third-order valence-corrected chi connectivity index (χ3v) is 4.91. The summed E-state index contributed by atoms with van der Waals surface area (Å²) in [6, 6.07) is 8.83. The van der Waals surface area contributed by atoms with Crippen molar-refractivity contribution in [2.24, 2.45) is 5.92 Å². The Hall–Kier alpha value is -2.80. The molecule has 0 aliphatic rings. The molecule has 32 heavy (non-hydrogen) atoms. The molecule has 8 heteroatoms. The number of anilines is 1. The molecule has 0 fully saturated rings. The van der Waals surface area contributed by atoms with Gasteiger partial charge in [0.05, 0.1) is 0 Å². The molecule has 0 unspecified atom stereocenters. The minimum Gasteiger partial charge on any atom is -0.492 e. The van der Waals surface area contributed by atoms with Crippen LogP contribution in [0.1, 0.15) is 49.9 Å². The number of ether oxygens (including phenoxy) is 1. The maximum atomic E-state index is 13.2. The number of pyridine rings is 1. The van der Waals surface area contributed by atoms with E-state index in [1.54, 1.807) is 30.6 Å². The smallest absolute Gasteiger partial charge is 0.303 e. The number of rotatable bonds is 14. The van der Waals surface area contributed by atoms with Crippen molar-refractivity contribution in [1.82, 2.24) is 9.88 Å². The number of hydrogen-bond acceptors (Lipinski definition) is 5. The van der Waals surface area contributed by atoms with Gasteiger partial charge in [-0.15, -0.1) is 0 Å². The SMILES string of the molecule is CC(C)CN(CCCCCC(=O)O)C(=O)c1cc(Cl)cc(OCCNc2ccncc2)c1.